The molecule has 1 atom stereocenters. The Morgan fingerprint density at radius 3 is 2.86 bits per heavy atom. The van der Waals surface area contributed by atoms with Crippen LogP contribution in [0.5, 0.6) is 0 Å². The Balaban J connectivity index is 1.93. The molecule has 0 saturated heterocycles. The Bertz CT molecular complexity index is 784. The molecule has 7 nitrogen and oxygen atoms in total. The van der Waals surface area contributed by atoms with Crippen molar-refractivity contribution in [2.24, 2.45) is 5.14 Å². The van der Waals surface area contributed by atoms with Gasteiger partial charge in [-0.05, 0) is 44.0 Å². The zero-order valence-electron chi connectivity index (χ0n) is 11.8. The van der Waals surface area contributed by atoms with E-state index in [-0.39, 0.29) is 10.9 Å². The smallest absolute Gasteiger partial charge is 0.246 e. The van der Waals surface area contributed by atoms with Crippen LogP contribution in [0.25, 0.3) is 0 Å². The predicted molar refractivity (Wildman–Crippen MR) is 76.2 cm³/mol. The largest absolute Gasteiger partial charge is 0.359 e. The third kappa shape index (κ3) is 2.64. The van der Waals surface area contributed by atoms with Crippen LogP contribution >= 0.6 is 0 Å². The van der Waals surface area contributed by atoms with E-state index in [0.29, 0.717) is 18.3 Å². The molecule has 0 bridgehead atoms. The van der Waals surface area contributed by atoms with Gasteiger partial charge in [-0.3, -0.25) is 0 Å². The molecule has 2 aromatic rings. The van der Waals surface area contributed by atoms with E-state index >= 15 is 0 Å². The van der Waals surface area contributed by atoms with Gasteiger partial charge in [0.15, 0.2) is 5.82 Å². The second kappa shape index (κ2) is 4.81. The average Bonchev–Trinajstić information content (AvgIpc) is 2.93. The highest BCUT2D eigenvalue weighted by molar-refractivity contribution is 7.89. The summed E-state index contributed by atoms with van der Waals surface area (Å²) in [5.41, 5.74) is 1.94. The van der Waals surface area contributed by atoms with Crippen LogP contribution < -0.4 is 10.0 Å². The van der Waals surface area contributed by atoms with Crippen molar-refractivity contribution in [3.8, 4) is 0 Å². The lowest BCUT2D eigenvalue weighted by atomic mass is 10.1. The Hall–Kier alpha value is -1.93. The first-order valence-corrected chi connectivity index (χ1v) is 8.11. The summed E-state index contributed by atoms with van der Waals surface area (Å²) in [5.74, 6) is 1.14. The van der Waals surface area contributed by atoms with Crippen LogP contribution in [-0.4, -0.2) is 24.6 Å². The summed E-state index contributed by atoms with van der Waals surface area (Å²) in [6.07, 6.45) is 0.756. The molecule has 3 rings (SSSR count). The van der Waals surface area contributed by atoms with Gasteiger partial charge in [-0.2, -0.15) is 4.98 Å². The van der Waals surface area contributed by atoms with Gasteiger partial charge in [-0.15, -0.1) is 0 Å². The van der Waals surface area contributed by atoms with Crippen molar-refractivity contribution in [1.29, 1.82) is 0 Å². The zero-order valence-corrected chi connectivity index (χ0v) is 12.6. The molecule has 21 heavy (non-hydrogen) atoms. The third-order valence-electron chi connectivity index (χ3n) is 3.61. The summed E-state index contributed by atoms with van der Waals surface area (Å²) in [5, 5.41) is 8.95. The first-order valence-electron chi connectivity index (χ1n) is 6.56. The number of nitrogens with zero attached hydrogens (tertiary/aromatic N) is 3. The maximum Gasteiger partial charge on any atom is 0.246 e. The highest BCUT2D eigenvalue weighted by Gasteiger charge is 2.28. The molecule has 1 aromatic carbocycles. The van der Waals surface area contributed by atoms with Gasteiger partial charge in [0.2, 0.25) is 15.9 Å². The molecule has 112 valence electrons. The zero-order chi connectivity index (χ0) is 15.2. The van der Waals surface area contributed by atoms with E-state index in [4.69, 9.17) is 9.66 Å². The van der Waals surface area contributed by atoms with Gasteiger partial charge in [0.05, 0.1) is 11.4 Å². The van der Waals surface area contributed by atoms with E-state index < -0.39 is 10.0 Å². The van der Waals surface area contributed by atoms with Gasteiger partial charge in [0.1, 0.15) is 0 Å². The molecule has 0 fully saturated rings. The molecule has 8 heteroatoms. The fourth-order valence-corrected chi connectivity index (χ4v) is 3.20. The summed E-state index contributed by atoms with van der Waals surface area (Å²) in [6, 6.07) is 5.17. The van der Waals surface area contributed by atoms with E-state index in [1.54, 1.807) is 19.1 Å². The van der Waals surface area contributed by atoms with Crippen LogP contribution in [-0.2, 0) is 23.0 Å². The van der Waals surface area contributed by atoms with Crippen molar-refractivity contribution in [1.82, 2.24) is 10.1 Å². The molecular formula is C13H16N4O3S. The topological polar surface area (TPSA) is 102 Å². The van der Waals surface area contributed by atoms with Crippen LogP contribution in [0, 0.1) is 6.92 Å². The molecule has 1 aromatic heterocycles. The standard InChI is InChI=1S/C13H16N4O3S/c1-8-5-10-6-11(21(14,18)19)3-4-12(10)17(8)7-13-15-9(2)16-20-13/h3-4,6,8H,5,7H2,1-2H3,(H2,14,18,19)/t8-/m1/s1. The quantitative estimate of drug-likeness (QED) is 0.906. The van der Waals surface area contributed by atoms with Crippen LogP contribution in [0.4, 0.5) is 5.69 Å². The molecule has 1 aliphatic heterocycles. The summed E-state index contributed by atoms with van der Waals surface area (Å²) >= 11 is 0. The minimum atomic E-state index is -3.67. The van der Waals surface area contributed by atoms with Crippen molar-refractivity contribution < 1.29 is 12.9 Å². The Morgan fingerprint density at radius 2 is 2.24 bits per heavy atom. The molecule has 0 radical (unpaired) electrons. The van der Waals surface area contributed by atoms with E-state index in [1.807, 2.05) is 0 Å². The Morgan fingerprint density at radius 1 is 1.48 bits per heavy atom. The van der Waals surface area contributed by atoms with Crippen molar-refractivity contribution >= 4 is 15.7 Å². The second-order valence-electron chi connectivity index (χ2n) is 5.25. The first kappa shape index (κ1) is 14.0. The number of aryl methyl sites for hydroxylation is 1. The molecule has 0 aliphatic carbocycles. The fourth-order valence-electron chi connectivity index (χ4n) is 2.64. The van der Waals surface area contributed by atoms with Gasteiger partial charge >= 0.3 is 0 Å². The number of primary sulfonamides is 1. The SMILES string of the molecule is Cc1noc(CN2c3ccc(S(N)(=O)=O)cc3C[C@H]2C)n1. The first-order chi connectivity index (χ1) is 9.84. The Kier molecular flexibility index (Phi) is 3.22. The molecule has 0 unspecified atom stereocenters. The van der Waals surface area contributed by atoms with Crippen LogP contribution in [0.15, 0.2) is 27.6 Å². The van der Waals surface area contributed by atoms with E-state index in [0.717, 1.165) is 17.7 Å². The highest BCUT2D eigenvalue weighted by Crippen LogP contribution is 2.34. The van der Waals surface area contributed by atoms with Crippen molar-refractivity contribution in [2.45, 2.75) is 37.8 Å². The molecular weight excluding hydrogens is 292 g/mol. The van der Waals surface area contributed by atoms with Gasteiger partial charge in [0, 0.05) is 11.7 Å². The lowest BCUT2D eigenvalue weighted by molar-refractivity contribution is 0.370. The minimum absolute atomic E-state index is 0.143. The number of rotatable bonds is 3. The monoisotopic (exact) mass is 308 g/mol. The summed E-state index contributed by atoms with van der Waals surface area (Å²) in [6.45, 7) is 4.34. The fraction of sp³-hybridized carbons (Fsp3) is 0.385. The minimum Gasteiger partial charge on any atom is -0.359 e. The van der Waals surface area contributed by atoms with Crippen molar-refractivity contribution in [2.75, 3.05) is 4.90 Å². The number of aromatic nitrogens is 2. The summed E-state index contributed by atoms with van der Waals surface area (Å²) < 4.78 is 28.0. The maximum absolute atomic E-state index is 11.4. The molecule has 2 N–H and O–H groups in total. The highest BCUT2D eigenvalue weighted by atomic mass is 32.2. The molecule has 0 amide bonds. The average molecular weight is 308 g/mol. The number of sulfonamides is 1. The van der Waals surface area contributed by atoms with Gasteiger partial charge in [0.25, 0.3) is 0 Å². The van der Waals surface area contributed by atoms with E-state index in [2.05, 4.69) is 22.0 Å². The van der Waals surface area contributed by atoms with Crippen LogP contribution in [0.2, 0.25) is 0 Å². The van der Waals surface area contributed by atoms with Gasteiger partial charge in [-0.1, -0.05) is 5.16 Å². The number of benzene rings is 1. The van der Waals surface area contributed by atoms with Crippen LogP contribution in [0.1, 0.15) is 24.2 Å². The molecule has 2 heterocycles. The maximum atomic E-state index is 11.4. The molecule has 1 aliphatic rings. The van der Waals surface area contributed by atoms with Gasteiger partial charge < -0.3 is 9.42 Å². The second-order valence-corrected chi connectivity index (χ2v) is 6.81. The normalized spacial score (nSPS) is 18.0. The Labute approximate surface area is 122 Å². The molecule has 0 spiro atoms. The number of nitrogens with two attached hydrogens (primary N) is 1. The lowest BCUT2D eigenvalue weighted by Crippen LogP contribution is -2.28. The number of anilines is 1. The summed E-state index contributed by atoms with van der Waals surface area (Å²) in [7, 11) is -3.67. The van der Waals surface area contributed by atoms with E-state index in [1.165, 1.54) is 6.07 Å². The predicted octanol–water partition coefficient (Wildman–Crippen LogP) is 0.977. The number of hydrogen-bond donors (Lipinski definition) is 1. The third-order valence-corrected chi connectivity index (χ3v) is 4.52. The lowest BCUT2D eigenvalue weighted by Gasteiger charge is -2.22. The van der Waals surface area contributed by atoms with Gasteiger partial charge in [-0.25, -0.2) is 13.6 Å². The molecule has 0 saturated carbocycles. The number of hydrogen-bond acceptors (Lipinski definition) is 6. The van der Waals surface area contributed by atoms with E-state index in [9.17, 15) is 8.42 Å². The summed E-state index contributed by atoms with van der Waals surface area (Å²) in [4.78, 5) is 6.47. The van der Waals surface area contributed by atoms with Crippen molar-refractivity contribution in [3.05, 3.63) is 35.5 Å². The van der Waals surface area contributed by atoms with Crippen LogP contribution in [0.3, 0.4) is 0 Å². The number of fused-ring (bicyclic) bond motifs is 1. The van der Waals surface area contributed by atoms with Crippen molar-refractivity contribution in [3.63, 3.8) is 0 Å².